The van der Waals surface area contributed by atoms with Crippen LogP contribution < -0.4 is 5.32 Å². The van der Waals surface area contributed by atoms with E-state index in [4.69, 9.17) is 0 Å². The van der Waals surface area contributed by atoms with Gasteiger partial charge in [-0.15, -0.1) is 23.1 Å². The standard InChI is InChI=1S/C21H19BrN4OS2/c1-12-13(2)17(10-23)20(24-14(12)3)28-9-8-19(27)26-21-25-18(11-29-21)15-4-6-16(22)7-5-15/h4-7,11H,8-9H2,1-3H3,(H,25,26,27). The number of amides is 1. The van der Waals surface area contributed by atoms with Crippen LogP contribution in [0, 0.1) is 32.1 Å². The van der Waals surface area contributed by atoms with Gasteiger partial charge in [0.1, 0.15) is 11.1 Å². The minimum absolute atomic E-state index is 0.103. The monoisotopic (exact) mass is 486 g/mol. The lowest BCUT2D eigenvalue weighted by Crippen LogP contribution is -2.12. The summed E-state index contributed by atoms with van der Waals surface area (Å²) in [7, 11) is 0. The highest BCUT2D eigenvalue weighted by atomic mass is 79.9. The zero-order chi connectivity index (χ0) is 21.0. The average molecular weight is 487 g/mol. The molecule has 0 bridgehead atoms. The third kappa shape index (κ3) is 5.24. The van der Waals surface area contributed by atoms with Crippen molar-refractivity contribution in [2.24, 2.45) is 0 Å². The van der Waals surface area contributed by atoms with E-state index in [1.54, 1.807) is 0 Å². The molecule has 0 aliphatic rings. The first-order chi connectivity index (χ1) is 13.9. The molecule has 2 aromatic heterocycles. The minimum atomic E-state index is -0.103. The second-order valence-corrected chi connectivity index (χ2v) is 9.29. The van der Waals surface area contributed by atoms with Crippen LogP contribution in [0.5, 0.6) is 0 Å². The number of hydrogen-bond donors (Lipinski definition) is 1. The van der Waals surface area contributed by atoms with Crippen LogP contribution in [0.15, 0.2) is 39.1 Å². The van der Waals surface area contributed by atoms with E-state index in [0.29, 0.717) is 27.9 Å². The lowest BCUT2D eigenvalue weighted by Gasteiger charge is -2.10. The van der Waals surface area contributed by atoms with Gasteiger partial charge >= 0.3 is 0 Å². The summed E-state index contributed by atoms with van der Waals surface area (Å²) < 4.78 is 1.01. The van der Waals surface area contributed by atoms with Gasteiger partial charge in [0.05, 0.1) is 11.3 Å². The van der Waals surface area contributed by atoms with Crippen molar-refractivity contribution < 1.29 is 4.79 Å². The number of rotatable bonds is 6. The van der Waals surface area contributed by atoms with E-state index in [-0.39, 0.29) is 5.91 Å². The predicted molar refractivity (Wildman–Crippen MR) is 122 cm³/mol. The fourth-order valence-corrected chi connectivity index (χ4v) is 4.68. The molecule has 0 unspecified atom stereocenters. The van der Waals surface area contributed by atoms with Crippen LogP contribution in [0.25, 0.3) is 11.3 Å². The SMILES string of the molecule is Cc1nc(SCCC(=O)Nc2nc(-c3ccc(Br)cc3)cs2)c(C#N)c(C)c1C. The summed E-state index contributed by atoms with van der Waals surface area (Å²) in [6.45, 7) is 5.84. The maximum atomic E-state index is 12.3. The molecule has 8 heteroatoms. The van der Waals surface area contributed by atoms with Gasteiger partial charge in [-0.3, -0.25) is 4.79 Å². The first-order valence-corrected chi connectivity index (χ1v) is 11.6. The molecule has 0 fully saturated rings. The average Bonchev–Trinajstić information content (AvgIpc) is 3.15. The van der Waals surface area contributed by atoms with Crippen LogP contribution in [0.2, 0.25) is 0 Å². The zero-order valence-corrected chi connectivity index (χ0v) is 19.5. The Morgan fingerprint density at radius 2 is 1.93 bits per heavy atom. The van der Waals surface area contributed by atoms with Gasteiger partial charge in [-0.2, -0.15) is 5.26 Å². The molecular weight excluding hydrogens is 468 g/mol. The van der Waals surface area contributed by atoms with Crippen molar-refractivity contribution >= 4 is 50.1 Å². The summed E-state index contributed by atoms with van der Waals surface area (Å²) in [5, 5.41) is 15.5. The molecule has 0 spiro atoms. The molecule has 3 aromatic rings. The summed E-state index contributed by atoms with van der Waals surface area (Å²) >= 11 is 6.25. The Kier molecular flexibility index (Phi) is 7.06. The summed E-state index contributed by atoms with van der Waals surface area (Å²) in [5.41, 5.74) is 5.33. The van der Waals surface area contributed by atoms with Crippen molar-refractivity contribution in [2.45, 2.75) is 32.2 Å². The summed E-state index contributed by atoms with van der Waals surface area (Å²) in [4.78, 5) is 21.3. The van der Waals surface area contributed by atoms with Crippen molar-refractivity contribution in [3.05, 3.63) is 56.5 Å². The molecule has 1 amide bonds. The number of nitriles is 1. The summed E-state index contributed by atoms with van der Waals surface area (Å²) in [6, 6.07) is 10.1. The Morgan fingerprint density at radius 1 is 1.21 bits per heavy atom. The van der Waals surface area contributed by atoms with Gasteiger partial charge in [-0.05, 0) is 44.0 Å². The quantitative estimate of drug-likeness (QED) is 0.439. The number of aryl methyl sites for hydroxylation is 1. The molecule has 0 aliphatic heterocycles. The molecule has 0 saturated carbocycles. The second-order valence-electron chi connectivity index (χ2n) is 6.43. The molecule has 29 heavy (non-hydrogen) atoms. The second kappa shape index (κ2) is 9.53. The van der Waals surface area contributed by atoms with Gasteiger partial charge in [0.15, 0.2) is 5.13 Å². The lowest BCUT2D eigenvalue weighted by molar-refractivity contribution is -0.115. The number of nitrogens with zero attached hydrogens (tertiary/aromatic N) is 3. The number of thiazole rings is 1. The maximum Gasteiger partial charge on any atom is 0.226 e. The van der Waals surface area contributed by atoms with Gasteiger partial charge in [-0.25, -0.2) is 9.97 Å². The van der Waals surface area contributed by atoms with E-state index in [1.165, 1.54) is 23.1 Å². The van der Waals surface area contributed by atoms with Gasteiger partial charge < -0.3 is 5.32 Å². The van der Waals surface area contributed by atoms with Crippen molar-refractivity contribution in [3.63, 3.8) is 0 Å². The largest absolute Gasteiger partial charge is 0.302 e. The van der Waals surface area contributed by atoms with Gasteiger partial charge in [0.2, 0.25) is 5.91 Å². The van der Waals surface area contributed by atoms with Gasteiger partial charge in [0, 0.05) is 33.3 Å². The van der Waals surface area contributed by atoms with E-state index >= 15 is 0 Å². The Bertz CT molecular complexity index is 1090. The van der Waals surface area contributed by atoms with E-state index in [2.05, 4.69) is 37.3 Å². The molecule has 2 heterocycles. The van der Waals surface area contributed by atoms with Crippen molar-refractivity contribution in [3.8, 4) is 17.3 Å². The smallest absolute Gasteiger partial charge is 0.226 e. The Morgan fingerprint density at radius 3 is 2.62 bits per heavy atom. The highest BCUT2D eigenvalue weighted by molar-refractivity contribution is 9.10. The fraction of sp³-hybridized carbons (Fsp3) is 0.238. The van der Waals surface area contributed by atoms with Crippen LogP contribution in [0.4, 0.5) is 5.13 Å². The fourth-order valence-electron chi connectivity index (χ4n) is 2.65. The number of anilines is 1. The molecule has 148 valence electrons. The van der Waals surface area contributed by atoms with Crippen molar-refractivity contribution in [1.29, 1.82) is 5.26 Å². The van der Waals surface area contributed by atoms with Gasteiger partial charge in [-0.1, -0.05) is 28.1 Å². The third-order valence-corrected chi connectivity index (χ3v) is 6.80. The number of carbonyl (C=O) groups is 1. The van der Waals surface area contributed by atoms with Crippen LogP contribution in [-0.4, -0.2) is 21.6 Å². The van der Waals surface area contributed by atoms with E-state index in [1.807, 2.05) is 50.4 Å². The molecule has 1 aromatic carbocycles. The minimum Gasteiger partial charge on any atom is -0.302 e. The Labute approximate surface area is 186 Å². The molecule has 3 rings (SSSR count). The Hall–Kier alpha value is -2.21. The number of carbonyl (C=O) groups excluding carboxylic acids is 1. The van der Waals surface area contributed by atoms with Gasteiger partial charge in [0.25, 0.3) is 0 Å². The molecule has 5 nitrogen and oxygen atoms in total. The van der Waals surface area contributed by atoms with Crippen LogP contribution in [-0.2, 0) is 4.79 Å². The van der Waals surface area contributed by atoms with E-state index in [0.717, 1.165) is 32.6 Å². The molecule has 0 aliphatic carbocycles. The summed E-state index contributed by atoms with van der Waals surface area (Å²) in [5.74, 6) is 0.439. The normalized spacial score (nSPS) is 10.6. The number of nitrogens with one attached hydrogen (secondary N) is 1. The van der Waals surface area contributed by atoms with Crippen molar-refractivity contribution in [1.82, 2.24) is 9.97 Å². The molecule has 1 N–H and O–H groups in total. The number of hydrogen-bond acceptors (Lipinski definition) is 6. The molecule has 0 radical (unpaired) electrons. The zero-order valence-electron chi connectivity index (χ0n) is 16.2. The maximum absolute atomic E-state index is 12.3. The number of benzene rings is 1. The van der Waals surface area contributed by atoms with Crippen LogP contribution in [0.1, 0.15) is 28.8 Å². The summed E-state index contributed by atoms with van der Waals surface area (Å²) in [6.07, 6.45) is 0.316. The molecular formula is C21H19BrN4OS2. The first kappa shape index (κ1) is 21.5. The van der Waals surface area contributed by atoms with Crippen LogP contribution in [0.3, 0.4) is 0 Å². The number of thioether (sulfide) groups is 1. The first-order valence-electron chi connectivity index (χ1n) is 8.91. The van der Waals surface area contributed by atoms with Crippen molar-refractivity contribution in [2.75, 3.05) is 11.1 Å². The number of aromatic nitrogens is 2. The van der Waals surface area contributed by atoms with E-state index in [9.17, 15) is 10.1 Å². The molecule has 0 saturated heterocycles. The number of pyridine rings is 1. The topological polar surface area (TPSA) is 78.7 Å². The molecule has 0 atom stereocenters. The number of halogens is 1. The highest BCUT2D eigenvalue weighted by Gasteiger charge is 2.14. The van der Waals surface area contributed by atoms with Crippen LogP contribution >= 0.6 is 39.0 Å². The third-order valence-electron chi connectivity index (χ3n) is 4.53. The highest BCUT2D eigenvalue weighted by Crippen LogP contribution is 2.28. The predicted octanol–water partition coefficient (Wildman–Crippen LogP) is 5.89. The lowest BCUT2D eigenvalue weighted by atomic mass is 10.1. The van der Waals surface area contributed by atoms with E-state index < -0.39 is 0 Å². The Balaban J connectivity index is 1.58.